The molecule has 2 aromatic rings. The Morgan fingerprint density at radius 3 is 2.44 bits per heavy atom. The number of ether oxygens (including phenoxy) is 1. The van der Waals surface area contributed by atoms with E-state index in [2.05, 4.69) is 17.4 Å². The smallest absolute Gasteiger partial charge is 0.335 e. The van der Waals surface area contributed by atoms with Gasteiger partial charge in [-0.2, -0.15) is 0 Å². The summed E-state index contributed by atoms with van der Waals surface area (Å²) in [6.07, 6.45) is 1.66. The Kier molecular flexibility index (Phi) is 7.66. The largest absolute Gasteiger partial charge is 0.478 e. The van der Waals surface area contributed by atoms with Crippen LogP contribution in [0.2, 0.25) is 0 Å². The minimum absolute atomic E-state index is 0.0668. The van der Waals surface area contributed by atoms with Crippen LogP contribution in [0.15, 0.2) is 54.6 Å². The first-order valence-corrected chi connectivity index (χ1v) is 8.36. The zero-order chi connectivity index (χ0) is 17.9. The molecule has 0 bridgehead atoms. The quantitative estimate of drug-likeness (QED) is 0.652. The molecule has 0 radical (unpaired) electrons. The molecule has 5 heteroatoms. The summed E-state index contributed by atoms with van der Waals surface area (Å²) in [4.78, 5) is 23.0. The van der Waals surface area contributed by atoms with Crippen molar-refractivity contribution in [3.63, 3.8) is 0 Å². The van der Waals surface area contributed by atoms with Crippen molar-refractivity contribution >= 4 is 11.9 Å². The molecule has 2 N–H and O–H groups in total. The van der Waals surface area contributed by atoms with Crippen LogP contribution in [-0.2, 0) is 22.4 Å². The first-order chi connectivity index (χ1) is 12.2. The highest BCUT2D eigenvalue weighted by Crippen LogP contribution is 2.09. The molecule has 0 atom stereocenters. The number of aromatic carboxylic acids is 1. The fourth-order valence-corrected chi connectivity index (χ4v) is 2.46. The fraction of sp³-hybridized carbons (Fsp3) is 0.300. The highest BCUT2D eigenvalue weighted by atomic mass is 16.5. The summed E-state index contributed by atoms with van der Waals surface area (Å²) >= 11 is 0. The minimum atomic E-state index is -1.02. The van der Waals surface area contributed by atoms with E-state index in [9.17, 15) is 9.59 Å². The van der Waals surface area contributed by atoms with Gasteiger partial charge in [0, 0.05) is 13.2 Å². The number of carboxylic acids is 1. The van der Waals surface area contributed by atoms with Gasteiger partial charge in [-0.15, -0.1) is 0 Å². The van der Waals surface area contributed by atoms with Gasteiger partial charge in [-0.05, 0) is 30.0 Å². The van der Waals surface area contributed by atoms with Crippen LogP contribution in [0, 0.1) is 0 Å². The van der Waals surface area contributed by atoms with Gasteiger partial charge in [0.2, 0.25) is 5.91 Å². The molecule has 132 valence electrons. The molecule has 0 saturated heterocycles. The van der Waals surface area contributed by atoms with E-state index in [1.54, 1.807) is 18.2 Å². The maximum Gasteiger partial charge on any atom is 0.335 e. The Hall–Kier alpha value is -2.66. The molecule has 0 heterocycles. The van der Waals surface area contributed by atoms with Crippen molar-refractivity contribution in [3.05, 3.63) is 71.3 Å². The lowest BCUT2D eigenvalue weighted by Gasteiger charge is -2.08. The van der Waals surface area contributed by atoms with E-state index in [0.717, 1.165) is 12.8 Å². The molecule has 0 aliphatic rings. The average molecular weight is 341 g/mol. The van der Waals surface area contributed by atoms with E-state index in [1.165, 1.54) is 11.6 Å². The van der Waals surface area contributed by atoms with Gasteiger partial charge in [-0.1, -0.05) is 48.5 Å². The average Bonchev–Trinajstić information content (AvgIpc) is 2.62. The maximum absolute atomic E-state index is 11.9. The van der Waals surface area contributed by atoms with Gasteiger partial charge in [-0.3, -0.25) is 4.79 Å². The Morgan fingerprint density at radius 2 is 1.68 bits per heavy atom. The Balaban J connectivity index is 1.59. The van der Waals surface area contributed by atoms with Crippen molar-refractivity contribution in [1.82, 2.24) is 5.32 Å². The number of carbonyl (C=O) groups is 2. The lowest BCUT2D eigenvalue weighted by molar-refractivity contribution is -0.120. The number of rotatable bonds is 10. The predicted molar refractivity (Wildman–Crippen MR) is 95.7 cm³/mol. The SMILES string of the molecule is O=C(Cc1ccccc1C(=O)O)NCCCOCCc1ccccc1. The second-order valence-corrected chi connectivity index (χ2v) is 5.69. The summed E-state index contributed by atoms with van der Waals surface area (Å²) < 4.78 is 5.56. The zero-order valence-electron chi connectivity index (χ0n) is 14.1. The van der Waals surface area contributed by atoms with Crippen molar-refractivity contribution in [2.24, 2.45) is 0 Å². The lowest BCUT2D eigenvalue weighted by Crippen LogP contribution is -2.27. The van der Waals surface area contributed by atoms with E-state index in [4.69, 9.17) is 9.84 Å². The molecule has 0 unspecified atom stereocenters. The molecular formula is C20H23NO4. The van der Waals surface area contributed by atoms with Crippen LogP contribution in [0.4, 0.5) is 0 Å². The molecule has 2 aromatic carbocycles. The topological polar surface area (TPSA) is 75.6 Å². The number of carboxylic acid groups (broad SMARTS) is 1. The third-order valence-corrected chi connectivity index (χ3v) is 3.76. The number of carbonyl (C=O) groups excluding carboxylic acids is 1. The molecule has 0 fully saturated rings. The first-order valence-electron chi connectivity index (χ1n) is 8.36. The van der Waals surface area contributed by atoms with Crippen LogP contribution in [0.3, 0.4) is 0 Å². The number of amides is 1. The summed E-state index contributed by atoms with van der Waals surface area (Å²) in [5, 5.41) is 11.9. The third kappa shape index (κ3) is 6.77. The van der Waals surface area contributed by atoms with Gasteiger partial charge < -0.3 is 15.2 Å². The minimum Gasteiger partial charge on any atom is -0.478 e. The van der Waals surface area contributed by atoms with Crippen LogP contribution in [0.25, 0.3) is 0 Å². The van der Waals surface area contributed by atoms with E-state index in [-0.39, 0.29) is 17.9 Å². The highest BCUT2D eigenvalue weighted by molar-refractivity contribution is 5.91. The van der Waals surface area contributed by atoms with Gasteiger partial charge in [0.25, 0.3) is 0 Å². The van der Waals surface area contributed by atoms with Gasteiger partial charge in [0.15, 0.2) is 0 Å². The summed E-state index contributed by atoms with van der Waals surface area (Å²) in [7, 11) is 0. The second kappa shape index (κ2) is 10.3. The van der Waals surface area contributed by atoms with Gasteiger partial charge in [-0.25, -0.2) is 4.79 Å². The molecule has 1 amide bonds. The standard InChI is InChI=1S/C20H23NO4/c22-19(15-17-9-4-5-10-18(17)20(23)24)21-12-6-13-25-14-11-16-7-2-1-3-8-16/h1-5,7-10H,6,11-15H2,(H,21,22)(H,23,24). The molecule has 5 nitrogen and oxygen atoms in total. The Bertz CT molecular complexity index is 685. The number of nitrogens with one attached hydrogen (secondary N) is 1. The Labute approximate surface area is 147 Å². The first kappa shape index (κ1) is 18.7. The summed E-state index contributed by atoms with van der Waals surface area (Å²) in [5.41, 5.74) is 1.93. The molecule has 2 rings (SSSR count). The van der Waals surface area contributed by atoms with Crippen molar-refractivity contribution in [3.8, 4) is 0 Å². The van der Waals surface area contributed by atoms with Crippen molar-refractivity contribution in [1.29, 1.82) is 0 Å². The van der Waals surface area contributed by atoms with Crippen molar-refractivity contribution in [2.45, 2.75) is 19.3 Å². The monoisotopic (exact) mass is 341 g/mol. The van der Waals surface area contributed by atoms with Crippen LogP contribution >= 0.6 is 0 Å². The molecule has 25 heavy (non-hydrogen) atoms. The van der Waals surface area contributed by atoms with Crippen LogP contribution in [-0.4, -0.2) is 36.7 Å². The molecule has 0 aromatic heterocycles. The van der Waals surface area contributed by atoms with Gasteiger partial charge >= 0.3 is 5.97 Å². The summed E-state index contributed by atoms with van der Waals surface area (Å²) in [6, 6.07) is 16.7. The van der Waals surface area contributed by atoms with Crippen molar-refractivity contribution < 1.29 is 19.4 Å². The third-order valence-electron chi connectivity index (χ3n) is 3.76. The molecule has 0 aliphatic heterocycles. The Morgan fingerprint density at radius 1 is 0.960 bits per heavy atom. The van der Waals surface area contributed by atoms with E-state index < -0.39 is 5.97 Å². The molecule has 0 aliphatic carbocycles. The van der Waals surface area contributed by atoms with Crippen LogP contribution < -0.4 is 5.32 Å². The van der Waals surface area contributed by atoms with E-state index >= 15 is 0 Å². The number of benzene rings is 2. The van der Waals surface area contributed by atoms with E-state index in [1.807, 2.05) is 18.2 Å². The summed E-state index contributed by atoms with van der Waals surface area (Å²) in [5.74, 6) is -1.20. The zero-order valence-corrected chi connectivity index (χ0v) is 14.1. The van der Waals surface area contributed by atoms with Gasteiger partial charge in [0.05, 0.1) is 18.6 Å². The fourth-order valence-electron chi connectivity index (χ4n) is 2.46. The highest BCUT2D eigenvalue weighted by Gasteiger charge is 2.11. The molecule has 0 saturated carbocycles. The van der Waals surface area contributed by atoms with E-state index in [0.29, 0.717) is 25.3 Å². The van der Waals surface area contributed by atoms with Crippen LogP contribution in [0.1, 0.15) is 27.9 Å². The maximum atomic E-state index is 11.9. The summed E-state index contributed by atoms with van der Waals surface area (Å²) in [6.45, 7) is 1.75. The number of hydrogen-bond donors (Lipinski definition) is 2. The second-order valence-electron chi connectivity index (χ2n) is 5.69. The van der Waals surface area contributed by atoms with Gasteiger partial charge in [0.1, 0.15) is 0 Å². The van der Waals surface area contributed by atoms with Crippen LogP contribution in [0.5, 0.6) is 0 Å². The molecular weight excluding hydrogens is 318 g/mol. The molecule has 0 spiro atoms. The normalized spacial score (nSPS) is 10.4. The van der Waals surface area contributed by atoms with Crippen molar-refractivity contribution in [2.75, 3.05) is 19.8 Å². The predicted octanol–water partition coefficient (Wildman–Crippen LogP) is 2.69. The number of hydrogen-bond acceptors (Lipinski definition) is 3. The lowest BCUT2D eigenvalue weighted by atomic mass is 10.0.